The van der Waals surface area contributed by atoms with Crippen LogP contribution in [0.3, 0.4) is 0 Å². The monoisotopic (exact) mass is 265 g/mol. The van der Waals surface area contributed by atoms with Crippen molar-refractivity contribution in [1.29, 1.82) is 0 Å². The van der Waals surface area contributed by atoms with Crippen molar-refractivity contribution in [3.63, 3.8) is 0 Å². The highest BCUT2D eigenvalue weighted by molar-refractivity contribution is 7.99. The molecule has 1 amide bonds. The van der Waals surface area contributed by atoms with Gasteiger partial charge in [-0.1, -0.05) is 30.3 Å². The van der Waals surface area contributed by atoms with E-state index in [1.165, 1.54) is 0 Å². The third kappa shape index (κ3) is 3.75. The number of nitrogens with one attached hydrogen (secondary N) is 1. The highest BCUT2D eigenvalue weighted by atomic mass is 32.2. The first-order chi connectivity index (χ1) is 8.79. The third-order valence-corrected chi connectivity index (χ3v) is 4.35. The zero-order chi connectivity index (χ0) is 12.8. The van der Waals surface area contributed by atoms with E-state index >= 15 is 0 Å². The lowest BCUT2D eigenvalue weighted by molar-refractivity contribution is -0.125. The smallest absolute Gasteiger partial charge is 0.224 e. The minimum atomic E-state index is -0.175. The average molecular weight is 265 g/mol. The quantitative estimate of drug-likeness (QED) is 0.847. The van der Waals surface area contributed by atoms with Gasteiger partial charge in [-0.05, 0) is 24.2 Å². The maximum Gasteiger partial charge on any atom is 0.224 e. The topological polar surface area (TPSA) is 49.3 Å². The number of hydrogen-bond acceptors (Lipinski definition) is 3. The molecular formula is C14H19NO2S. The van der Waals surface area contributed by atoms with Crippen LogP contribution in [0.1, 0.15) is 12.0 Å². The summed E-state index contributed by atoms with van der Waals surface area (Å²) in [6.07, 6.45) is 1.64. The van der Waals surface area contributed by atoms with Crippen molar-refractivity contribution in [2.24, 2.45) is 5.92 Å². The molecule has 98 valence electrons. The Labute approximate surface area is 112 Å². The van der Waals surface area contributed by atoms with Gasteiger partial charge in [-0.25, -0.2) is 0 Å². The van der Waals surface area contributed by atoms with E-state index in [0.29, 0.717) is 6.42 Å². The van der Waals surface area contributed by atoms with E-state index < -0.39 is 0 Å². The standard InChI is InChI=1S/C14H19NO2S/c16-9-13(8-11-4-2-1-3-5-11)15-14(17)12-6-7-18-10-12/h1-5,12-13,16H,6-10H2,(H,15,17)/t12?,13-/m0/s1. The molecule has 2 N–H and O–H groups in total. The normalized spacial score (nSPS) is 20.6. The lowest BCUT2D eigenvalue weighted by atomic mass is 10.0. The predicted octanol–water partition coefficient (Wildman–Crippen LogP) is 1.46. The number of thioether (sulfide) groups is 1. The molecule has 0 aliphatic carbocycles. The Morgan fingerprint density at radius 1 is 1.44 bits per heavy atom. The number of rotatable bonds is 5. The van der Waals surface area contributed by atoms with Gasteiger partial charge in [-0.3, -0.25) is 4.79 Å². The van der Waals surface area contributed by atoms with Gasteiger partial charge in [0.2, 0.25) is 5.91 Å². The van der Waals surface area contributed by atoms with Crippen LogP contribution in [0.5, 0.6) is 0 Å². The number of amides is 1. The van der Waals surface area contributed by atoms with Crippen molar-refractivity contribution in [2.45, 2.75) is 18.9 Å². The molecule has 18 heavy (non-hydrogen) atoms. The van der Waals surface area contributed by atoms with Crippen molar-refractivity contribution in [2.75, 3.05) is 18.1 Å². The van der Waals surface area contributed by atoms with Crippen molar-refractivity contribution >= 4 is 17.7 Å². The summed E-state index contributed by atoms with van der Waals surface area (Å²) in [4.78, 5) is 12.0. The molecule has 1 aliphatic rings. The van der Waals surface area contributed by atoms with Gasteiger partial charge < -0.3 is 10.4 Å². The second-order valence-corrected chi connectivity index (χ2v) is 5.79. The molecule has 2 rings (SSSR count). The molecule has 0 spiro atoms. The van der Waals surface area contributed by atoms with Gasteiger partial charge in [0.05, 0.1) is 12.6 Å². The van der Waals surface area contributed by atoms with Gasteiger partial charge in [0.1, 0.15) is 0 Å². The summed E-state index contributed by atoms with van der Waals surface area (Å²) in [5.41, 5.74) is 1.14. The van der Waals surface area contributed by atoms with E-state index in [0.717, 1.165) is 23.5 Å². The summed E-state index contributed by atoms with van der Waals surface area (Å²) in [5, 5.41) is 12.3. The molecule has 0 bridgehead atoms. The first-order valence-corrected chi connectivity index (χ1v) is 7.48. The number of carbonyl (C=O) groups is 1. The molecule has 1 aromatic rings. The number of benzene rings is 1. The lowest BCUT2D eigenvalue weighted by Crippen LogP contribution is -2.42. The summed E-state index contributed by atoms with van der Waals surface area (Å²) in [6, 6.07) is 9.76. The molecule has 3 nitrogen and oxygen atoms in total. The van der Waals surface area contributed by atoms with Gasteiger partial charge in [-0.15, -0.1) is 0 Å². The Hall–Kier alpha value is -1.00. The third-order valence-electron chi connectivity index (χ3n) is 3.19. The van der Waals surface area contributed by atoms with Crippen LogP contribution in [-0.2, 0) is 11.2 Å². The minimum absolute atomic E-state index is 0.0134. The highest BCUT2D eigenvalue weighted by Gasteiger charge is 2.24. The van der Waals surface area contributed by atoms with Crippen molar-refractivity contribution in [3.8, 4) is 0 Å². The van der Waals surface area contributed by atoms with Crippen LogP contribution in [0, 0.1) is 5.92 Å². The molecule has 0 aromatic heterocycles. The Kier molecular flexibility index (Phi) is 5.08. The first-order valence-electron chi connectivity index (χ1n) is 6.32. The summed E-state index contributed by atoms with van der Waals surface area (Å²) in [7, 11) is 0. The number of aliphatic hydroxyl groups is 1. The maximum atomic E-state index is 12.0. The molecule has 0 radical (unpaired) electrons. The molecule has 1 fully saturated rings. The first kappa shape index (κ1) is 13.4. The fourth-order valence-corrected chi connectivity index (χ4v) is 3.34. The Morgan fingerprint density at radius 3 is 2.83 bits per heavy atom. The molecule has 1 heterocycles. The number of aliphatic hydroxyl groups excluding tert-OH is 1. The van der Waals surface area contributed by atoms with Crippen LogP contribution >= 0.6 is 11.8 Å². The molecular weight excluding hydrogens is 246 g/mol. The molecule has 1 aromatic carbocycles. The second-order valence-electron chi connectivity index (χ2n) is 4.64. The fourth-order valence-electron chi connectivity index (χ4n) is 2.12. The zero-order valence-corrected chi connectivity index (χ0v) is 11.2. The highest BCUT2D eigenvalue weighted by Crippen LogP contribution is 2.23. The Balaban J connectivity index is 1.87. The maximum absolute atomic E-state index is 12.0. The van der Waals surface area contributed by atoms with Crippen LogP contribution in [0.25, 0.3) is 0 Å². The predicted molar refractivity (Wildman–Crippen MR) is 74.6 cm³/mol. The summed E-state index contributed by atoms with van der Waals surface area (Å²) in [5.74, 6) is 2.20. The average Bonchev–Trinajstić information content (AvgIpc) is 2.93. The van der Waals surface area contributed by atoms with Crippen molar-refractivity contribution in [3.05, 3.63) is 35.9 Å². The molecule has 2 atom stereocenters. The van der Waals surface area contributed by atoms with Crippen LogP contribution in [0.4, 0.5) is 0 Å². The molecule has 1 saturated heterocycles. The van der Waals surface area contributed by atoms with E-state index in [1.807, 2.05) is 42.1 Å². The second kappa shape index (κ2) is 6.81. The van der Waals surface area contributed by atoms with Gasteiger partial charge >= 0.3 is 0 Å². The van der Waals surface area contributed by atoms with Gasteiger partial charge in [0, 0.05) is 11.7 Å². The lowest BCUT2D eigenvalue weighted by Gasteiger charge is -2.18. The molecule has 0 saturated carbocycles. The summed E-state index contributed by atoms with van der Waals surface area (Å²) in [6.45, 7) is -0.0134. The fraction of sp³-hybridized carbons (Fsp3) is 0.500. The number of hydrogen-bond donors (Lipinski definition) is 2. The molecule has 1 aliphatic heterocycles. The van der Waals surface area contributed by atoms with Crippen LogP contribution in [-0.4, -0.2) is 35.2 Å². The SMILES string of the molecule is O=C(N[C@H](CO)Cc1ccccc1)C1CCSC1. The van der Waals surface area contributed by atoms with E-state index in [4.69, 9.17) is 0 Å². The van der Waals surface area contributed by atoms with Gasteiger partial charge in [0.25, 0.3) is 0 Å². The van der Waals surface area contributed by atoms with E-state index in [1.54, 1.807) is 0 Å². The van der Waals surface area contributed by atoms with Crippen molar-refractivity contribution < 1.29 is 9.90 Å². The molecule has 1 unspecified atom stereocenters. The number of carbonyl (C=O) groups excluding carboxylic acids is 1. The largest absolute Gasteiger partial charge is 0.394 e. The minimum Gasteiger partial charge on any atom is -0.394 e. The Morgan fingerprint density at radius 2 is 2.22 bits per heavy atom. The zero-order valence-electron chi connectivity index (χ0n) is 10.3. The summed E-state index contributed by atoms with van der Waals surface area (Å²) >= 11 is 1.83. The Bertz CT molecular complexity index is 377. The summed E-state index contributed by atoms with van der Waals surface area (Å²) < 4.78 is 0. The van der Waals surface area contributed by atoms with E-state index in [2.05, 4.69) is 5.32 Å². The van der Waals surface area contributed by atoms with Crippen molar-refractivity contribution in [1.82, 2.24) is 5.32 Å². The van der Waals surface area contributed by atoms with Crippen LogP contribution in [0.2, 0.25) is 0 Å². The van der Waals surface area contributed by atoms with E-state index in [-0.39, 0.29) is 24.5 Å². The van der Waals surface area contributed by atoms with Crippen LogP contribution < -0.4 is 5.32 Å². The van der Waals surface area contributed by atoms with Gasteiger partial charge in [-0.2, -0.15) is 11.8 Å². The van der Waals surface area contributed by atoms with Gasteiger partial charge in [0.15, 0.2) is 0 Å². The molecule has 4 heteroatoms. The van der Waals surface area contributed by atoms with E-state index in [9.17, 15) is 9.90 Å². The van der Waals surface area contributed by atoms with Crippen LogP contribution in [0.15, 0.2) is 30.3 Å².